The third-order valence-corrected chi connectivity index (χ3v) is 5.11. The topological polar surface area (TPSA) is 94.4 Å². The van der Waals surface area contributed by atoms with Gasteiger partial charge in [0.05, 0.1) is 5.69 Å². The van der Waals surface area contributed by atoms with Crippen LogP contribution in [-0.2, 0) is 14.4 Å². The van der Waals surface area contributed by atoms with Crippen LogP contribution in [0.2, 0.25) is 5.02 Å². The molecule has 8 nitrogen and oxygen atoms in total. The van der Waals surface area contributed by atoms with Gasteiger partial charge in [0.1, 0.15) is 12.4 Å². The summed E-state index contributed by atoms with van der Waals surface area (Å²) in [5.74, 6) is -1.96. The number of amides is 3. The lowest BCUT2D eigenvalue weighted by molar-refractivity contribution is -0.123. The summed E-state index contributed by atoms with van der Waals surface area (Å²) in [7, 11) is 0. The number of benzene rings is 2. The maximum Gasteiger partial charge on any atom is 0.263 e. The van der Waals surface area contributed by atoms with E-state index >= 15 is 0 Å². The van der Waals surface area contributed by atoms with E-state index in [1.54, 1.807) is 12.1 Å². The molecule has 148 valence electrons. The predicted octanol–water partition coefficient (Wildman–Crippen LogP) is 2.72. The van der Waals surface area contributed by atoms with Crippen LogP contribution in [-0.4, -0.2) is 41.4 Å². The number of carbonyl (C=O) groups is 3. The number of imide groups is 1. The Hall–Kier alpha value is -3.33. The number of hydrogen-bond acceptors (Lipinski definition) is 6. The van der Waals surface area contributed by atoms with Crippen molar-refractivity contribution in [2.75, 3.05) is 16.8 Å². The lowest BCUT2D eigenvalue weighted by atomic mass is 10.1. The van der Waals surface area contributed by atoms with Crippen molar-refractivity contribution in [3.8, 4) is 0 Å². The summed E-state index contributed by atoms with van der Waals surface area (Å²) in [6.45, 7) is 1.52. The fourth-order valence-electron chi connectivity index (χ4n) is 3.21. The molecule has 2 aromatic carbocycles. The molecule has 2 aromatic rings. The van der Waals surface area contributed by atoms with Crippen molar-refractivity contribution in [2.45, 2.75) is 19.0 Å². The third-order valence-electron chi connectivity index (χ3n) is 4.71. The summed E-state index contributed by atoms with van der Waals surface area (Å²) < 4.78 is 13.0. The highest BCUT2D eigenvalue weighted by Gasteiger charge is 2.55. The molecule has 0 radical (unpaired) electrons. The minimum atomic E-state index is -1.01. The van der Waals surface area contributed by atoms with Crippen LogP contribution in [0.5, 0.6) is 0 Å². The second kappa shape index (κ2) is 7.25. The number of aryl methyl sites for hydroxylation is 1. The Kier molecular flexibility index (Phi) is 4.75. The predicted molar refractivity (Wildman–Crippen MR) is 103 cm³/mol. The van der Waals surface area contributed by atoms with E-state index in [4.69, 9.17) is 11.6 Å². The number of fused-ring (bicyclic) bond motifs is 1. The van der Waals surface area contributed by atoms with Gasteiger partial charge in [0.15, 0.2) is 12.1 Å². The smallest absolute Gasteiger partial charge is 0.263 e. The fourth-order valence-corrected chi connectivity index (χ4v) is 3.38. The van der Waals surface area contributed by atoms with E-state index in [1.807, 2.05) is 6.92 Å². The van der Waals surface area contributed by atoms with Gasteiger partial charge in [0, 0.05) is 10.7 Å². The third kappa shape index (κ3) is 3.44. The summed E-state index contributed by atoms with van der Waals surface area (Å²) in [5.41, 5.74) is 1.55. The number of rotatable bonds is 4. The first-order chi connectivity index (χ1) is 13.8. The van der Waals surface area contributed by atoms with Crippen LogP contribution in [0.25, 0.3) is 0 Å². The maximum atomic E-state index is 13.0. The monoisotopic (exact) mass is 415 g/mol. The zero-order valence-corrected chi connectivity index (χ0v) is 15.9. The van der Waals surface area contributed by atoms with Gasteiger partial charge in [0.25, 0.3) is 11.8 Å². The zero-order chi connectivity index (χ0) is 20.7. The van der Waals surface area contributed by atoms with Gasteiger partial charge in [-0.3, -0.25) is 19.4 Å². The van der Waals surface area contributed by atoms with Gasteiger partial charge >= 0.3 is 0 Å². The standard InChI is InChI=1S/C19H15ClFN5O3/c1-10-2-7-13(8-14(10)20)26-18(28)16-17(19(26)29)25(24-23-16)9-15(27)22-12-5-3-11(21)4-6-12/h2-8,16-17H,9H2,1H3,(H,22,27)/t16-,17+/m0/s1. The normalized spacial score (nSPS) is 20.4. The first kappa shape index (κ1) is 19.0. The molecule has 1 N–H and O–H groups in total. The molecular formula is C19H15ClFN5O3. The molecule has 0 bridgehead atoms. The van der Waals surface area contributed by atoms with Crippen LogP contribution < -0.4 is 10.2 Å². The fraction of sp³-hybridized carbons (Fsp3) is 0.211. The van der Waals surface area contributed by atoms with E-state index in [0.29, 0.717) is 16.4 Å². The van der Waals surface area contributed by atoms with Crippen LogP contribution in [0.15, 0.2) is 52.8 Å². The zero-order valence-electron chi connectivity index (χ0n) is 15.2. The minimum Gasteiger partial charge on any atom is -0.324 e. The Labute approximate surface area is 169 Å². The Morgan fingerprint density at radius 2 is 1.90 bits per heavy atom. The molecule has 10 heteroatoms. The second-order valence-electron chi connectivity index (χ2n) is 6.69. The number of halogens is 2. The number of hydrogen-bond donors (Lipinski definition) is 1. The largest absolute Gasteiger partial charge is 0.324 e. The molecule has 0 unspecified atom stereocenters. The van der Waals surface area contributed by atoms with Crippen molar-refractivity contribution < 1.29 is 18.8 Å². The van der Waals surface area contributed by atoms with Crippen molar-refractivity contribution in [1.82, 2.24) is 5.01 Å². The highest BCUT2D eigenvalue weighted by atomic mass is 35.5. The van der Waals surface area contributed by atoms with Crippen molar-refractivity contribution in [3.05, 3.63) is 58.9 Å². The van der Waals surface area contributed by atoms with E-state index in [0.717, 1.165) is 10.5 Å². The summed E-state index contributed by atoms with van der Waals surface area (Å²) >= 11 is 6.11. The molecule has 4 rings (SSSR count). The average molecular weight is 416 g/mol. The van der Waals surface area contributed by atoms with E-state index in [-0.39, 0.29) is 6.54 Å². The first-order valence-corrected chi connectivity index (χ1v) is 9.10. The maximum absolute atomic E-state index is 13.0. The molecule has 0 spiro atoms. The van der Waals surface area contributed by atoms with E-state index in [1.165, 1.54) is 35.3 Å². The Balaban J connectivity index is 1.49. The molecule has 29 heavy (non-hydrogen) atoms. The average Bonchev–Trinajstić information content (AvgIpc) is 3.20. The van der Waals surface area contributed by atoms with Gasteiger partial charge in [-0.15, -0.1) is 0 Å². The Morgan fingerprint density at radius 1 is 1.17 bits per heavy atom. The molecular weight excluding hydrogens is 401 g/mol. The van der Waals surface area contributed by atoms with E-state index < -0.39 is 35.6 Å². The van der Waals surface area contributed by atoms with Crippen molar-refractivity contribution >= 4 is 40.7 Å². The molecule has 0 aromatic heterocycles. The lowest BCUT2D eigenvalue weighted by Gasteiger charge is -2.20. The molecule has 2 heterocycles. The van der Waals surface area contributed by atoms with Gasteiger partial charge in [-0.25, -0.2) is 9.29 Å². The summed E-state index contributed by atoms with van der Waals surface area (Å²) in [4.78, 5) is 38.9. The first-order valence-electron chi connectivity index (χ1n) is 8.72. The second-order valence-corrected chi connectivity index (χ2v) is 7.10. The summed E-state index contributed by atoms with van der Waals surface area (Å²) in [5, 5.41) is 11.9. The molecule has 1 fully saturated rings. The van der Waals surface area contributed by atoms with Crippen LogP contribution in [0.3, 0.4) is 0 Å². The van der Waals surface area contributed by atoms with Crippen molar-refractivity contribution in [3.63, 3.8) is 0 Å². The Bertz CT molecular complexity index is 1040. The molecule has 2 aliphatic heterocycles. The number of nitrogens with one attached hydrogen (secondary N) is 1. The molecule has 3 amide bonds. The van der Waals surface area contributed by atoms with E-state index in [2.05, 4.69) is 15.7 Å². The molecule has 0 saturated carbocycles. The van der Waals surface area contributed by atoms with Gasteiger partial charge in [-0.2, -0.15) is 5.11 Å². The number of anilines is 2. The summed E-state index contributed by atoms with van der Waals surface area (Å²) in [6, 6.07) is 8.11. The Morgan fingerprint density at radius 3 is 2.59 bits per heavy atom. The van der Waals surface area contributed by atoms with Crippen LogP contribution in [0.4, 0.5) is 15.8 Å². The SMILES string of the molecule is Cc1ccc(N2C(=O)[C@H]3N=NN(CC(=O)Nc4ccc(F)cc4)[C@H]3C2=O)cc1Cl. The van der Waals surface area contributed by atoms with E-state index in [9.17, 15) is 18.8 Å². The van der Waals surface area contributed by atoms with Crippen LogP contribution >= 0.6 is 11.6 Å². The molecule has 0 aliphatic carbocycles. The van der Waals surface area contributed by atoms with Crippen molar-refractivity contribution in [2.24, 2.45) is 10.3 Å². The number of nitrogens with zero attached hydrogens (tertiary/aromatic N) is 4. The van der Waals surface area contributed by atoms with Crippen LogP contribution in [0.1, 0.15) is 5.56 Å². The van der Waals surface area contributed by atoms with Gasteiger partial charge in [-0.05, 0) is 48.9 Å². The highest BCUT2D eigenvalue weighted by molar-refractivity contribution is 6.32. The van der Waals surface area contributed by atoms with Gasteiger partial charge < -0.3 is 5.32 Å². The minimum absolute atomic E-state index is 0.288. The van der Waals surface area contributed by atoms with Gasteiger partial charge in [-0.1, -0.05) is 22.9 Å². The molecule has 1 saturated heterocycles. The summed E-state index contributed by atoms with van der Waals surface area (Å²) in [6.07, 6.45) is 0. The highest BCUT2D eigenvalue weighted by Crippen LogP contribution is 2.33. The van der Waals surface area contributed by atoms with Gasteiger partial charge in [0.2, 0.25) is 5.91 Å². The molecule has 2 atom stereocenters. The lowest BCUT2D eigenvalue weighted by Crippen LogP contribution is -2.43. The molecule has 2 aliphatic rings. The number of carbonyl (C=O) groups excluding carboxylic acids is 3. The quantitative estimate of drug-likeness (QED) is 0.777. The van der Waals surface area contributed by atoms with Crippen molar-refractivity contribution in [1.29, 1.82) is 0 Å². The van der Waals surface area contributed by atoms with Crippen LogP contribution in [0, 0.1) is 12.7 Å².